The highest BCUT2D eigenvalue weighted by atomic mass is 16.4. The summed E-state index contributed by atoms with van der Waals surface area (Å²) >= 11 is 0. The molecule has 0 saturated carbocycles. The van der Waals surface area contributed by atoms with E-state index in [0.29, 0.717) is 25.9 Å². The molecule has 1 aromatic rings. The Kier molecular flexibility index (Phi) is 4.28. The van der Waals surface area contributed by atoms with Crippen molar-refractivity contribution in [3.05, 3.63) is 36.2 Å². The van der Waals surface area contributed by atoms with E-state index in [9.17, 15) is 9.59 Å². The molecule has 1 aliphatic heterocycles. The fourth-order valence-corrected chi connectivity index (χ4v) is 2.14. The van der Waals surface area contributed by atoms with Crippen LogP contribution in [0.5, 0.6) is 0 Å². The number of piperidine rings is 1. The highest BCUT2D eigenvalue weighted by molar-refractivity contribution is 5.95. The maximum absolute atomic E-state index is 12.0. The third-order valence-corrected chi connectivity index (χ3v) is 3.31. The van der Waals surface area contributed by atoms with E-state index in [0.717, 1.165) is 5.56 Å². The molecule has 19 heavy (non-hydrogen) atoms. The van der Waals surface area contributed by atoms with Crippen LogP contribution >= 0.6 is 0 Å². The lowest BCUT2D eigenvalue weighted by atomic mass is 9.92. The average molecular weight is 260 g/mol. The van der Waals surface area contributed by atoms with Gasteiger partial charge in [0.05, 0.1) is 0 Å². The van der Waals surface area contributed by atoms with Crippen LogP contribution in [-0.4, -0.2) is 40.0 Å². The molecule has 1 fully saturated rings. The van der Waals surface area contributed by atoms with Gasteiger partial charge in [0, 0.05) is 31.4 Å². The van der Waals surface area contributed by atoms with Crippen LogP contribution < -0.4 is 0 Å². The summed E-state index contributed by atoms with van der Waals surface area (Å²) in [6, 6.07) is 3.66. The molecule has 1 saturated heterocycles. The molecule has 5 heteroatoms. The molecule has 1 aromatic heterocycles. The van der Waals surface area contributed by atoms with Gasteiger partial charge in [0.1, 0.15) is 0 Å². The van der Waals surface area contributed by atoms with Gasteiger partial charge in [0.25, 0.3) is 0 Å². The standard InChI is InChI=1S/C14H16N2O3/c17-13(2-1-11-3-7-15-8-4-11)12-5-9-16(10-6-12)14(18)19/h1-4,7-8,12H,5-6,9-10H2,(H,18,19)/b2-1+. The molecule has 0 bridgehead atoms. The second-order valence-corrected chi connectivity index (χ2v) is 4.56. The van der Waals surface area contributed by atoms with Crippen molar-refractivity contribution < 1.29 is 14.7 Å². The number of hydrogen-bond donors (Lipinski definition) is 1. The third-order valence-electron chi connectivity index (χ3n) is 3.31. The van der Waals surface area contributed by atoms with Gasteiger partial charge < -0.3 is 10.0 Å². The monoisotopic (exact) mass is 260 g/mol. The van der Waals surface area contributed by atoms with E-state index in [4.69, 9.17) is 5.11 Å². The topological polar surface area (TPSA) is 70.5 Å². The van der Waals surface area contributed by atoms with Gasteiger partial charge in [0.2, 0.25) is 0 Å². The van der Waals surface area contributed by atoms with E-state index in [1.807, 2.05) is 12.1 Å². The Morgan fingerprint density at radius 2 is 1.89 bits per heavy atom. The molecule has 0 aliphatic carbocycles. The number of rotatable bonds is 3. The summed E-state index contributed by atoms with van der Waals surface area (Å²) < 4.78 is 0. The van der Waals surface area contributed by atoms with Gasteiger partial charge in [-0.2, -0.15) is 0 Å². The minimum atomic E-state index is -0.904. The van der Waals surface area contributed by atoms with Gasteiger partial charge in [-0.3, -0.25) is 9.78 Å². The molecule has 0 unspecified atom stereocenters. The first-order chi connectivity index (χ1) is 9.16. The van der Waals surface area contributed by atoms with E-state index in [1.54, 1.807) is 24.5 Å². The smallest absolute Gasteiger partial charge is 0.407 e. The quantitative estimate of drug-likeness (QED) is 0.844. The van der Waals surface area contributed by atoms with E-state index in [1.165, 1.54) is 4.90 Å². The van der Waals surface area contributed by atoms with Gasteiger partial charge in [-0.15, -0.1) is 0 Å². The highest BCUT2D eigenvalue weighted by Gasteiger charge is 2.25. The number of carbonyl (C=O) groups is 2. The van der Waals surface area contributed by atoms with Crippen LogP contribution in [0.25, 0.3) is 6.08 Å². The maximum atomic E-state index is 12.0. The fraction of sp³-hybridized carbons (Fsp3) is 0.357. The van der Waals surface area contributed by atoms with Gasteiger partial charge in [-0.1, -0.05) is 6.08 Å². The number of nitrogens with zero attached hydrogens (tertiary/aromatic N) is 2. The van der Waals surface area contributed by atoms with Crippen molar-refractivity contribution in [1.82, 2.24) is 9.88 Å². The largest absolute Gasteiger partial charge is 0.465 e. The third kappa shape index (κ3) is 3.64. The first kappa shape index (κ1) is 13.3. The lowest BCUT2D eigenvalue weighted by Crippen LogP contribution is -2.39. The predicted octanol–water partition coefficient (Wildman–Crippen LogP) is 2.05. The van der Waals surface area contributed by atoms with E-state index in [-0.39, 0.29) is 11.7 Å². The molecule has 1 aliphatic rings. The average Bonchev–Trinajstić information content (AvgIpc) is 2.46. The molecule has 100 valence electrons. The zero-order valence-electron chi connectivity index (χ0n) is 10.5. The second kappa shape index (κ2) is 6.13. The number of aromatic nitrogens is 1. The van der Waals surface area contributed by atoms with Crippen LogP contribution in [0.3, 0.4) is 0 Å². The molecule has 0 atom stereocenters. The number of hydrogen-bond acceptors (Lipinski definition) is 3. The van der Waals surface area contributed by atoms with Crippen LogP contribution in [0.4, 0.5) is 4.79 Å². The summed E-state index contributed by atoms with van der Waals surface area (Å²) in [5.74, 6) is 0.00976. The minimum Gasteiger partial charge on any atom is -0.465 e. The van der Waals surface area contributed by atoms with Crippen molar-refractivity contribution >= 4 is 18.0 Å². The van der Waals surface area contributed by atoms with Gasteiger partial charge in [-0.25, -0.2) is 4.79 Å². The number of pyridine rings is 1. The summed E-state index contributed by atoms with van der Waals surface area (Å²) in [6.07, 6.45) is 7.00. The van der Waals surface area contributed by atoms with Crippen LogP contribution in [0.2, 0.25) is 0 Å². The SMILES string of the molecule is O=C(/C=C/c1ccncc1)C1CCN(C(=O)O)CC1. The number of allylic oxidation sites excluding steroid dienone is 1. The first-order valence-electron chi connectivity index (χ1n) is 6.26. The van der Waals surface area contributed by atoms with Gasteiger partial charge in [0.15, 0.2) is 5.78 Å². The van der Waals surface area contributed by atoms with Crippen molar-refractivity contribution in [1.29, 1.82) is 0 Å². The predicted molar refractivity (Wildman–Crippen MR) is 70.6 cm³/mol. The molecule has 1 amide bonds. The zero-order valence-corrected chi connectivity index (χ0v) is 10.5. The van der Waals surface area contributed by atoms with E-state index >= 15 is 0 Å². The van der Waals surface area contributed by atoms with Crippen molar-refractivity contribution in [3.8, 4) is 0 Å². The van der Waals surface area contributed by atoms with Crippen LogP contribution in [0.1, 0.15) is 18.4 Å². The molecule has 2 rings (SSSR count). The van der Waals surface area contributed by atoms with E-state index < -0.39 is 6.09 Å². The Bertz CT molecular complexity index is 477. The number of carboxylic acid groups (broad SMARTS) is 1. The molecule has 5 nitrogen and oxygen atoms in total. The number of carbonyl (C=O) groups excluding carboxylic acids is 1. The Balaban J connectivity index is 1.88. The van der Waals surface area contributed by atoms with Crippen LogP contribution in [0, 0.1) is 5.92 Å². The molecule has 0 radical (unpaired) electrons. The lowest BCUT2D eigenvalue weighted by Gasteiger charge is -2.28. The molecular formula is C14H16N2O3. The number of ketones is 1. The normalized spacial score (nSPS) is 16.7. The molecule has 0 spiro atoms. The van der Waals surface area contributed by atoms with Crippen molar-refractivity contribution in [2.45, 2.75) is 12.8 Å². The summed E-state index contributed by atoms with van der Waals surface area (Å²) in [5.41, 5.74) is 0.936. The summed E-state index contributed by atoms with van der Waals surface area (Å²) in [7, 11) is 0. The van der Waals surface area contributed by atoms with E-state index in [2.05, 4.69) is 4.98 Å². The van der Waals surface area contributed by atoms with Crippen LogP contribution in [-0.2, 0) is 4.79 Å². The summed E-state index contributed by atoms with van der Waals surface area (Å²) in [4.78, 5) is 28.0. The van der Waals surface area contributed by atoms with Crippen molar-refractivity contribution in [2.75, 3.05) is 13.1 Å². The molecule has 1 N–H and O–H groups in total. The zero-order chi connectivity index (χ0) is 13.7. The second-order valence-electron chi connectivity index (χ2n) is 4.56. The molecule has 0 aromatic carbocycles. The maximum Gasteiger partial charge on any atom is 0.407 e. The number of amides is 1. The summed E-state index contributed by atoms with van der Waals surface area (Å²) in [5, 5.41) is 8.84. The minimum absolute atomic E-state index is 0.0614. The summed E-state index contributed by atoms with van der Waals surface area (Å²) in [6.45, 7) is 0.879. The Morgan fingerprint density at radius 1 is 1.26 bits per heavy atom. The van der Waals surface area contributed by atoms with Crippen LogP contribution in [0.15, 0.2) is 30.6 Å². The molecular weight excluding hydrogens is 244 g/mol. The fourth-order valence-electron chi connectivity index (χ4n) is 2.14. The van der Waals surface area contributed by atoms with Crippen molar-refractivity contribution in [3.63, 3.8) is 0 Å². The first-order valence-corrected chi connectivity index (χ1v) is 6.26. The Morgan fingerprint density at radius 3 is 2.47 bits per heavy atom. The Labute approximate surface area is 111 Å². The highest BCUT2D eigenvalue weighted by Crippen LogP contribution is 2.19. The number of likely N-dealkylation sites (tertiary alicyclic amines) is 1. The van der Waals surface area contributed by atoms with Crippen molar-refractivity contribution in [2.24, 2.45) is 5.92 Å². The molecule has 2 heterocycles. The lowest BCUT2D eigenvalue weighted by molar-refractivity contribution is -0.119. The van der Waals surface area contributed by atoms with Gasteiger partial charge in [-0.05, 0) is 36.6 Å². The van der Waals surface area contributed by atoms with Gasteiger partial charge >= 0.3 is 6.09 Å². The Hall–Kier alpha value is -2.17.